The second kappa shape index (κ2) is 8.49. The molecule has 1 aliphatic carbocycles. The number of rotatable bonds is 4. The van der Waals surface area contributed by atoms with Gasteiger partial charge < -0.3 is 10.6 Å². The number of nitrogens with one attached hydrogen (secondary N) is 2. The van der Waals surface area contributed by atoms with Crippen LogP contribution in [0.15, 0.2) is 29.2 Å². The van der Waals surface area contributed by atoms with Crippen LogP contribution in [0.5, 0.6) is 0 Å². The van der Waals surface area contributed by atoms with Gasteiger partial charge in [-0.05, 0) is 50.3 Å². The number of fused-ring (bicyclic) bond motifs is 1. The van der Waals surface area contributed by atoms with Crippen molar-refractivity contribution in [3.05, 3.63) is 39.8 Å². The summed E-state index contributed by atoms with van der Waals surface area (Å²) < 4.78 is 0. The molecule has 1 aromatic rings. The lowest BCUT2D eigenvalue weighted by atomic mass is 9.84. The minimum Gasteiger partial charge on any atom is -0.353 e. The summed E-state index contributed by atoms with van der Waals surface area (Å²) in [4.78, 5) is 25.6. The first-order chi connectivity index (χ1) is 12.5. The Morgan fingerprint density at radius 1 is 1.42 bits per heavy atom. The van der Waals surface area contributed by atoms with Crippen molar-refractivity contribution >= 4 is 41.3 Å². The summed E-state index contributed by atoms with van der Waals surface area (Å²) in [7, 11) is 0. The lowest BCUT2D eigenvalue weighted by Crippen LogP contribution is -2.52. The van der Waals surface area contributed by atoms with E-state index in [-0.39, 0.29) is 29.8 Å². The predicted molar refractivity (Wildman–Crippen MR) is 108 cm³/mol. The standard InChI is InChI=1S/C20H25ClN2O2S/c1-3-12(2)22-19(24)14-8-9-17-16(10-14)23-20(25)18(26-17)11-13-6-4-5-7-15(13)21/h4-7,11-12,14,16-17H,3,8-10H2,1-2H3,(H,22,24)(H,23,25)/b18-11+. The molecule has 0 bridgehead atoms. The van der Waals surface area contributed by atoms with E-state index in [4.69, 9.17) is 11.6 Å². The van der Waals surface area contributed by atoms with Gasteiger partial charge in [0.15, 0.2) is 0 Å². The quantitative estimate of drug-likeness (QED) is 0.761. The third-order valence-corrected chi connectivity index (χ3v) is 6.94. The van der Waals surface area contributed by atoms with Gasteiger partial charge in [-0.25, -0.2) is 0 Å². The van der Waals surface area contributed by atoms with E-state index < -0.39 is 0 Å². The van der Waals surface area contributed by atoms with Gasteiger partial charge in [0.2, 0.25) is 5.91 Å². The molecule has 0 spiro atoms. The normalized spacial score (nSPS) is 28.2. The molecule has 1 saturated heterocycles. The molecule has 0 radical (unpaired) electrons. The highest BCUT2D eigenvalue weighted by Crippen LogP contribution is 2.40. The summed E-state index contributed by atoms with van der Waals surface area (Å²) in [6.45, 7) is 4.08. The maximum atomic E-state index is 12.5. The predicted octanol–water partition coefficient (Wildman–Crippen LogP) is 4.00. The van der Waals surface area contributed by atoms with Crippen molar-refractivity contribution < 1.29 is 9.59 Å². The van der Waals surface area contributed by atoms with Crippen LogP contribution in [-0.2, 0) is 9.59 Å². The number of thioether (sulfide) groups is 1. The van der Waals surface area contributed by atoms with Crippen molar-refractivity contribution in [2.45, 2.75) is 56.9 Å². The van der Waals surface area contributed by atoms with Gasteiger partial charge in [0, 0.05) is 28.3 Å². The average molecular weight is 393 g/mol. The zero-order valence-corrected chi connectivity index (χ0v) is 16.7. The lowest BCUT2D eigenvalue weighted by molar-refractivity contribution is -0.127. The Morgan fingerprint density at radius 2 is 2.19 bits per heavy atom. The number of carbonyl (C=O) groups is 2. The van der Waals surface area contributed by atoms with Crippen molar-refractivity contribution in [3.63, 3.8) is 0 Å². The zero-order chi connectivity index (χ0) is 18.7. The smallest absolute Gasteiger partial charge is 0.257 e. The minimum atomic E-state index is -0.0702. The molecule has 2 N–H and O–H groups in total. The Labute approximate surface area is 164 Å². The van der Waals surface area contributed by atoms with Gasteiger partial charge in [0.1, 0.15) is 0 Å². The van der Waals surface area contributed by atoms with Crippen LogP contribution in [0.4, 0.5) is 0 Å². The summed E-state index contributed by atoms with van der Waals surface area (Å²) in [6.07, 6.45) is 5.29. The van der Waals surface area contributed by atoms with E-state index in [0.717, 1.165) is 24.8 Å². The van der Waals surface area contributed by atoms with Crippen LogP contribution in [0, 0.1) is 5.92 Å². The maximum Gasteiger partial charge on any atom is 0.257 e. The molecule has 1 aliphatic heterocycles. The molecule has 4 nitrogen and oxygen atoms in total. The van der Waals surface area contributed by atoms with E-state index in [1.807, 2.05) is 37.3 Å². The van der Waals surface area contributed by atoms with Crippen molar-refractivity contribution in [2.75, 3.05) is 0 Å². The molecule has 4 unspecified atom stereocenters. The summed E-state index contributed by atoms with van der Waals surface area (Å²) >= 11 is 7.82. The maximum absolute atomic E-state index is 12.5. The molecule has 2 fully saturated rings. The third kappa shape index (κ3) is 4.44. The molecule has 2 amide bonds. The number of carbonyl (C=O) groups excluding carboxylic acids is 2. The number of benzene rings is 1. The molecular weight excluding hydrogens is 368 g/mol. The van der Waals surface area contributed by atoms with Crippen LogP contribution in [0.1, 0.15) is 45.1 Å². The number of amides is 2. The minimum absolute atomic E-state index is 0.0137. The summed E-state index contributed by atoms with van der Waals surface area (Å²) in [6, 6.07) is 7.76. The average Bonchev–Trinajstić information content (AvgIpc) is 2.63. The fourth-order valence-electron chi connectivity index (χ4n) is 3.43. The van der Waals surface area contributed by atoms with Crippen LogP contribution in [-0.4, -0.2) is 29.1 Å². The Kier molecular flexibility index (Phi) is 6.30. The zero-order valence-electron chi connectivity index (χ0n) is 15.1. The Morgan fingerprint density at radius 3 is 2.92 bits per heavy atom. The Hall–Kier alpha value is -1.46. The Bertz CT molecular complexity index is 722. The highest BCUT2D eigenvalue weighted by Gasteiger charge is 2.39. The molecule has 4 atom stereocenters. The first-order valence-corrected chi connectivity index (χ1v) is 10.5. The van der Waals surface area contributed by atoms with Gasteiger partial charge in [0.05, 0.1) is 4.91 Å². The number of halogens is 1. The van der Waals surface area contributed by atoms with Gasteiger partial charge in [0.25, 0.3) is 5.91 Å². The first kappa shape index (κ1) is 19.3. The fourth-order valence-corrected chi connectivity index (χ4v) is 4.90. The molecule has 3 rings (SSSR count). The van der Waals surface area contributed by atoms with Crippen LogP contribution >= 0.6 is 23.4 Å². The van der Waals surface area contributed by atoms with E-state index in [9.17, 15) is 9.59 Å². The first-order valence-electron chi connectivity index (χ1n) is 9.22. The van der Waals surface area contributed by atoms with Crippen molar-refractivity contribution in [3.8, 4) is 0 Å². The molecule has 6 heteroatoms. The van der Waals surface area contributed by atoms with E-state index >= 15 is 0 Å². The third-order valence-electron chi connectivity index (χ3n) is 5.17. The van der Waals surface area contributed by atoms with Crippen LogP contribution in [0.25, 0.3) is 6.08 Å². The van der Waals surface area contributed by atoms with Gasteiger partial charge in [-0.1, -0.05) is 36.7 Å². The van der Waals surface area contributed by atoms with Crippen LogP contribution in [0.2, 0.25) is 5.02 Å². The van der Waals surface area contributed by atoms with Gasteiger partial charge >= 0.3 is 0 Å². The number of hydrogen-bond donors (Lipinski definition) is 2. The second-order valence-corrected chi connectivity index (χ2v) is 8.78. The fraction of sp³-hybridized carbons (Fsp3) is 0.500. The molecule has 26 heavy (non-hydrogen) atoms. The highest BCUT2D eigenvalue weighted by molar-refractivity contribution is 8.04. The second-order valence-electron chi connectivity index (χ2n) is 7.09. The molecule has 1 heterocycles. The van der Waals surface area contributed by atoms with Crippen molar-refractivity contribution in [2.24, 2.45) is 5.92 Å². The van der Waals surface area contributed by atoms with Crippen molar-refractivity contribution in [1.82, 2.24) is 10.6 Å². The molecule has 1 saturated carbocycles. The largest absolute Gasteiger partial charge is 0.353 e. The highest BCUT2D eigenvalue weighted by atomic mass is 35.5. The molecular formula is C20H25ClN2O2S. The molecule has 1 aromatic carbocycles. The molecule has 2 aliphatic rings. The number of hydrogen-bond acceptors (Lipinski definition) is 3. The van der Waals surface area contributed by atoms with E-state index in [1.54, 1.807) is 11.8 Å². The van der Waals surface area contributed by atoms with Gasteiger partial charge in [-0.3, -0.25) is 9.59 Å². The SMILES string of the molecule is CCC(C)NC(=O)C1CCC2S/C(=C/c3ccccc3Cl)C(=O)NC2C1. The van der Waals surface area contributed by atoms with E-state index in [1.165, 1.54) is 0 Å². The summed E-state index contributed by atoms with van der Waals surface area (Å²) in [5.74, 6) is 0.0360. The summed E-state index contributed by atoms with van der Waals surface area (Å²) in [5.41, 5.74) is 0.854. The van der Waals surface area contributed by atoms with Crippen molar-refractivity contribution in [1.29, 1.82) is 0 Å². The van der Waals surface area contributed by atoms with Crippen LogP contribution in [0.3, 0.4) is 0 Å². The topological polar surface area (TPSA) is 58.2 Å². The molecule has 0 aromatic heterocycles. The van der Waals surface area contributed by atoms with Gasteiger partial charge in [-0.15, -0.1) is 11.8 Å². The van der Waals surface area contributed by atoms with E-state index in [2.05, 4.69) is 17.6 Å². The lowest BCUT2D eigenvalue weighted by Gasteiger charge is -2.39. The summed E-state index contributed by atoms with van der Waals surface area (Å²) in [5, 5.41) is 7.13. The molecule has 140 valence electrons. The van der Waals surface area contributed by atoms with Gasteiger partial charge in [-0.2, -0.15) is 0 Å². The monoisotopic (exact) mass is 392 g/mol. The van der Waals surface area contributed by atoms with E-state index in [0.29, 0.717) is 21.6 Å². The Balaban J connectivity index is 1.66. The van der Waals surface area contributed by atoms with Crippen LogP contribution < -0.4 is 10.6 Å².